The number of aromatic nitrogens is 2. The number of nitrogens with zero attached hydrogens (tertiary/aromatic N) is 2. The molecule has 2 aromatic heterocycles. The zero-order valence-corrected chi connectivity index (χ0v) is 12.2. The Labute approximate surface area is 126 Å². The molecule has 0 aliphatic heterocycles. The molecule has 0 saturated heterocycles. The molecule has 6 nitrogen and oxygen atoms in total. The van der Waals surface area contributed by atoms with Gasteiger partial charge in [0.05, 0.1) is 18.4 Å². The molecule has 0 aliphatic rings. The van der Waals surface area contributed by atoms with E-state index in [-0.39, 0.29) is 16.9 Å². The van der Waals surface area contributed by atoms with Gasteiger partial charge in [-0.25, -0.2) is 4.79 Å². The van der Waals surface area contributed by atoms with Gasteiger partial charge < -0.3 is 20.0 Å². The molecule has 3 rings (SSSR count). The molecule has 2 heterocycles. The van der Waals surface area contributed by atoms with E-state index < -0.39 is 5.97 Å². The van der Waals surface area contributed by atoms with Crippen molar-refractivity contribution in [3.8, 4) is 11.8 Å². The fourth-order valence-corrected chi connectivity index (χ4v) is 2.64. The summed E-state index contributed by atoms with van der Waals surface area (Å²) in [5.41, 5.74) is 9.21. The standard InChI is InChI=1S/C16H14N4O2/c1-9-11-5-6-19-12(11)3-4-13(9)20-8-10(7-17)14(18)15(20)16(21)22-2/h3-6,8,19H,18H2,1-2H3. The van der Waals surface area contributed by atoms with E-state index in [9.17, 15) is 4.79 Å². The van der Waals surface area contributed by atoms with Crippen LogP contribution in [-0.2, 0) is 4.74 Å². The number of fused-ring (bicyclic) bond motifs is 1. The van der Waals surface area contributed by atoms with E-state index in [1.807, 2.05) is 37.4 Å². The summed E-state index contributed by atoms with van der Waals surface area (Å²) in [4.78, 5) is 15.2. The van der Waals surface area contributed by atoms with Gasteiger partial charge in [-0.05, 0) is 30.7 Å². The lowest BCUT2D eigenvalue weighted by Gasteiger charge is -2.12. The van der Waals surface area contributed by atoms with Crippen LogP contribution in [0.1, 0.15) is 21.6 Å². The van der Waals surface area contributed by atoms with Crippen molar-refractivity contribution >= 4 is 22.6 Å². The molecule has 0 aliphatic carbocycles. The van der Waals surface area contributed by atoms with E-state index in [1.54, 1.807) is 10.8 Å². The highest BCUT2D eigenvalue weighted by atomic mass is 16.5. The zero-order chi connectivity index (χ0) is 15.9. The molecule has 0 spiro atoms. The van der Waals surface area contributed by atoms with Gasteiger partial charge >= 0.3 is 5.97 Å². The molecule has 3 aromatic rings. The number of nitrogens with one attached hydrogen (secondary N) is 1. The third-order valence-corrected chi connectivity index (χ3v) is 3.78. The number of anilines is 1. The zero-order valence-electron chi connectivity index (χ0n) is 12.2. The number of nitrogen functional groups attached to an aromatic ring is 1. The van der Waals surface area contributed by atoms with Crippen molar-refractivity contribution in [2.75, 3.05) is 12.8 Å². The number of benzene rings is 1. The third-order valence-electron chi connectivity index (χ3n) is 3.78. The monoisotopic (exact) mass is 294 g/mol. The summed E-state index contributed by atoms with van der Waals surface area (Å²) in [5.74, 6) is -0.576. The minimum Gasteiger partial charge on any atom is -0.464 e. The van der Waals surface area contributed by atoms with Gasteiger partial charge in [0.1, 0.15) is 6.07 Å². The van der Waals surface area contributed by atoms with Gasteiger partial charge in [0.2, 0.25) is 0 Å². The van der Waals surface area contributed by atoms with Crippen molar-refractivity contribution in [3.05, 3.63) is 47.4 Å². The average molecular weight is 294 g/mol. The maximum Gasteiger partial charge on any atom is 0.357 e. The Bertz CT molecular complexity index is 928. The molecule has 3 N–H and O–H groups in total. The molecule has 1 aromatic carbocycles. The molecular weight excluding hydrogens is 280 g/mol. The normalized spacial score (nSPS) is 10.6. The lowest BCUT2D eigenvalue weighted by atomic mass is 10.1. The number of nitriles is 1. The van der Waals surface area contributed by atoms with Crippen molar-refractivity contribution in [2.24, 2.45) is 0 Å². The van der Waals surface area contributed by atoms with Gasteiger partial charge in [-0.15, -0.1) is 0 Å². The first-order chi connectivity index (χ1) is 10.6. The lowest BCUT2D eigenvalue weighted by Crippen LogP contribution is -2.11. The van der Waals surface area contributed by atoms with E-state index in [0.717, 1.165) is 22.2 Å². The maximum atomic E-state index is 12.0. The molecule has 0 amide bonds. The Morgan fingerprint density at radius 1 is 1.41 bits per heavy atom. The predicted octanol–water partition coefficient (Wildman–Crippen LogP) is 2.51. The van der Waals surface area contributed by atoms with Crippen LogP contribution in [0.2, 0.25) is 0 Å². The smallest absolute Gasteiger partial charge is 0.357 e. The van der Waals surface area contributed by atoms with E-state index in [4.69, 9.17) is 15.7 Å². The van der Waals surface area contributed by atoms with Crippen LogP contribution in [0.3, 0.4) is 0 Å². The maximum absolute atomic E-state index is 12.0. The Kier molecular flexibility index (Phi) is 3.11. The topological polar surface area (TPSA) is 96.8 Å². The van der Waals surface area contributed by atoms with Gasteiger partial charge in [0, 0.05) is 29.0 Å². The van der Waals surface area contributed by atoms with Gasteiger partial charge in [-0.1, -0.05) is 0 Å². The van der Waals surface area contributed by atoms with Crippen molar-refractivity contribution in [3.63, 3.8) is 0 Å². The molecule has 110 valence electrons. The van der Waals surface area contributed by atoms with Crippen molar-refractivity contribution in [2.45, 2.75) is 6.92 Å². The predicted molar refractivity (Wildman–Crippen MR) is 82.8 cm³/mol. The van der Waals surface area contributed by atoms with Crippen LogP contribution in [0.25, 0.3) is 16.6 Å². The van der Waals surface area contributed by atoms with E-state index >= 15 is 0 Å². The average Bonchev–Trinajstić information content (AvgIpc) is 3.12. The Balaban J connectivity index is 2.33. The van der Waals surface area contributed by atoms with Crippen LogP contribution in [0.5, 0.6) is 0 Å². The highest BCUT2D eigenvalue weighted by molar-refractivity contribution is 5.96. The molecular formula is C16H14N4O2. The number of H-pyrrole nitrogens is 1. The number of methoxy groups -OCH3 is 1. The van der Waals surface area contributed by atoms with Gasteiger partial charge in [0.25, 0.3) is 0 Å². The molecule has 0 radical (unpaired) electrons. The Hall–Kier alpha value is -3.20. The number of aromatic amines is 1. The first-order valence-corrected chi connectivity index (χ1v) is 6.64. The fraction of sp³-hybridized carbons (Fsp3) is 0.125. The molecule has 0 atom stereocenters. The van der Waals surface area contributed by atoms with Gasteiger partial charge in [-0.2, -0.15) is 5.26 Å². The van der Waals surface area contributed by atoms with Crippen molar-refractivity contribution in [1.82, 2.24) is 9.55 Å². The summed E-state index contributed by atoms with van der Waals surface area (Å²) in [6, 6.07) is 7.75. The molecule has 0 unspecified atom stereocenters. The molecule has 0 fully saturated rings. The van der Waals surface area contributed by atoms with E-state index in [2.05, 4.69) is 4.98 Å². The summed E-state index contributed by atoms with van der Waals surface area (Å²) in [5, 5.41) is 10.2. The number of hydrogen-bond donors (Lipinski definition) is 2. The number of ether oxygens (including phenoxy) is 1. The number of esters is 1. The molecule has 22 heavy (non-hydrogen) atoms. The second-order valence-electron chi connectivity index (χ2n) is 4.93. The van der Waals surface area contributed by atoms with Crippen LogP contribution >= 0.6 is 0 Å². The number of nitrogens with two attached hydrogens (primary N) is 1. The van der Waals surface area contributed by atoms with Crippen LogP contribution < -0.4 is 5.73 Å². The molecule has 6 heteroatoms. The van der Waals surface area contributed by atoms with Crippen LogP contribution in [0.4, 0.5) is 5.69 Å². The molecule has 0 bridgehead atoms. The van der Waals surface area contributed by atoms with Crippen LogP contribution in [0.15, 0.2) is 30.6 Å². The largest absolute Gasteiger partial charge is 0.464 e. The Morgan fingerprint density at radius 3 is 2.86 bits per heavy atom. The van der Waals surface area contributed by atoms with Crippen molar-refractivity contribution in [1.29, 1.82) is 5.26 Å². The van der Waals surface area contributed by atoms with E-state index in [0.29, 0.717) is 0 Å². The highest BCUT2D eigenvalue weighted by Gasteiger charge is 2.22. The second-order valence-corrected chi connectivity index (χ2v) is 4.93. The molecule has 0 saturated carbocycles. The summed E-state index contributed by atoms with van der Waals surface area (Å²) in [6.45, 7) is 1.95. The first-order valence-electron chi connectivity index (χ1n) is 6.64. The summed E-state index contributed by atoms with van der Waals surface area (Å²) in [6.07, 6.45) is 3.41. The van der Waals surface area contributed by atoms with Crippen LogP contribution in [0, 0.1) is 18.3 Å². The quantitative estimate of drug-likeness (QED) is 0.710. The first kappa shape index (κ1) is 13.8. The summed E-state index contributed by atoms with van der Waals surface area (Å²) in [7, 11) is 1.29. The highest BCUT2D eigenvalue weighted by Crippen LogP contribution is 2.29. The summed E-state index contributed by atoms with van der Waals surface area (Å²) < 4.78 is 6.41. The number of hydrogen-bond acceptors (Lipinski definition) is 4. The number of carbonyl (C=O) groups excluding carboxylic acids is 1. The lowest BCUT2D eigenvalue weighted by molar-refractivity contribution is 0.0593. The SMILES string of the molecule is COC(=O)c1c(N)c(C#N)cn1-c1ccc2[nH]ccc2c1C. The van der Waals surface area contributed by atoms with Crippen LogP contribution in [-0.4, -0.2) is 22.6 Å². The number of rotatable bonds is 2. The summed E-state index contributed by atoms with van der Waals surface area (Å²) >= 11 is 0. The minimum absolute atomic E-state index is 0.128. The number of carbonyl (C=O) groups is 1. The van der Waals surface area contributed by atoms with Gasteiger partial charge in [0.15, 0.2) is 5.69 Å². The fourth-order valence-electron chi connectivity index (χ4n) is 2.64. The minimum atomic E-state index is -0.576. The Morgan fingerprint density at radius 2 is 2.18 bits per heavy atom. The van der Waals surface area contributed by atoms with Crippen molar-refractivity contribution < 1.29 is 9.53 Å². The van der Waals surface area contributed by atoms with E-state index in [1.165, 1.54) is 7.11 Å². The second kappa shape index (κ2) is 4.97. The third kappa shape index (κ3) is 1.84. The number of aryl methyl sites for hydroxylation is 1. The van der Waals surface area contributed by atoms with Gasteiger partial charge in [-0.3, -0.25) is 0 Å².